The number of thiophene rings is 1. The number of imidazole rings is 1. The van der Waals surface area contributed by atoms with Gasteiger partial charge in [0.2, 0.25) is 0 Å². The molecule has 0 bridgehead atoms. The molecule has 0 aromatic carbocycles. The SMILES string of the molecule is NC1(c2ncc(-c3cccs3)[nH]2)CCCC1. The Morgan fingerprint density at radius 3 is 2.88 bits per heavy atom. The van der Waals surface area contributed by atoms with Crippen LogP contribution >= 0.6 is 11.3 Å². The second-order valence-corrected chi connectivity index (χ2v) is 5.43. The highest BCUT2D eigenvalue weighted by molar-refractivity contribution is 7.13. The molecular formula is C12H15N3S. The van der Waals surface area contributed by atoms with E-state index < -0.39 is 0 Å². The van der Waals surface area contributed by atoms with Crippen LogP contribution in [0.3, 0.4) is 0 Å². The quantitative estimate of drug-likeness (QED) is 0.838. The summed E-state index contributed by atoms with van der Waals surface area (Å²) < 4.78 is 0. The van der Waals surface area contributed by atoms with Gasteiger partial charge in [0, 0.05) is 0 Å². The molecule has 1 saturated carbocycles. The van der Waals surface area contributed by atoms with Crippen LogP contribution in [0, 0.1) is 0 Å². The molecule has 3 rings (SSSR count). The smallest absolute Gasteiger partial charge is 0.126 e. The summed E-state index contributed by atoms with van der Waals surface area (Å²) in [6.45, 7) is 0. The molecule has 16 heavy (non-hydrogen) atoms. The van der Waals surface area contributed by atoms with E-state index in [1.165, 1.54) is 17.7 Å². The first-order valence-electron chi connectivity index (χ1n) is 5.66. The molecule has 84 valence electrons. The van der Waals surface area contributed by atoms with Crippen molar-refractivity contribution in [2.75, 3.05) is 0 Å². The third kappa shape index (κ3) is 1.58. The standard InChI is InChI=1S/C12H15N3S/c13-12(5-1-2-6-12)11-14-8-9(15-11)10-4-3-7-16-10/h3-4,7-8H,1-2,5-6,13H2,(H,14,15). The molecule has 0 radical (unpaired) electrons. The van der Waals surface area contributed by atoms with Gasteiger partial charge in [-0.1, -0.05) is 18.9 Å². The van der Waals surface area contributed by atoms with Gasteiger partial charge in [-0.15, -0.1) is 11.3 Å². The number of aromatic amines is 1. The first-order chi connectivity index (χ1) is 7.78. The minimum Gasteiger partial charge on any atom is -0.340 e. The third-order valence-corrected chi connectivity index (χ3v) is 4.23. The van der Waals surface area contributed by atoms with Gasteiger partial charge >= 0.3 is 0 Å². The lowest BCUT2D eigenvalue weighted by atomic mass is 9.99. The zero-order valence-electron chi connectivity index (χ0n) is 9.07. The maximum Gasteiger partial charge on any atom is 0.126 e. The lowest BCUT2D eigenvalue weighted by Crippen LogP contribution is -2.34. The van der Waals surface area contributed by atoms with Crippen LogP contribution in [0.2, 0.25) is 0 Å². The minimum absolute atomic E-state index is 0.213. The van der Waals surface area contributed by atoms with Crippen LogP contribution < -0.4 is 5.73 Å². The highest BCUT2D eigenvalue weighted by atomic mass is 32.1. The molecule has 2 heterocycles. The number of aromatic nitrogens is 2. The minimum atomic E-state index is -0.213. The summed E-state index contributed by atoms with van der Waals surface area (Å²) in [5.74, 6) is 0.952. The van der Waals surface area contributed by atoms with Gasteiger partial charge in [-0.25, -0.2) is 4.98 Å². The number of nitrogens with two attached hydrogens (primary N) is 1. The number of nitrogens with zero attached hydrogens (tertiary/aromatic N) is 1. The molecule has 2 aromatic heterocycles. The molecule has 0 saturated heterocycles. The zero-order chi connectivity index (χ0) is 11.0. The summed E-state index contributed by atoms with van der Waals surface area (Å²) in [6, 6.07) is 4.15. The summed E-state index contributed by atoms with van der Waals surface area (Å²) in [4.78, 5) is 9.05. The van der Waals surface area contributed by atoms with Crippen LogP contribution in [0.5, 0.6) is 0 Å². The van der Waals surface area contributed by atoms with Crippen LogP contribution in [-0.2, 0) is 5.54 Å². The van der Waals surface area contributed by atoms with E-state index in [0.717, 1.165) is 24.4 Å². The first-order valence-corrected chi connectivity index (χ1v) is 6.54. The second-order valence-electron chi connectivity index (χ2n) is 4.49. The van der Waals surface area contributed by atoms with Crippen molar-refractivity contribution in [1.29, 1.82) is 0 Å². The highest BCUT2D eigenvalue weighted by Gasteiger charge is 2.33. The first kappa shape index (κ1) is 10.1. The molecule has 3 N–H and O–H groups in total. The fraction of sp³-hybridized carbons (Fsp3) is 0.417. The lowest BCUT2D eigenvalue weighted by Gasteiger charge is -2.20. The van der Waals surface area contributed by atoms with Gasteiger partial charge in [0.05, 0.1) is 22.3 Å². The van der Waals surface area contributed by atoms with E-state index in [4.69, 9.17) is 5.73 Å². The average molecular weight is 233 g/mol. The summed E-state index contributed by atoms with van der Waals surface area (Å²) in [7, 11) is 0. The van der Waals surface area contributed by atoms with Gasteiger partial charge in [0.15, 0.2) is 0 Å². The largest absolute Gasteiger partial charge is 0.340 e. The van der Waals surface area contributed by atoms with E-state index in [-0.39, 0.29) is 5.54 Å². The number of hydrogen-bond acceptors (Lipinski definition) is 3. The molecule has 1 fully saturated rings. The molecule has 0 atom stereocenters. The fourth-order valence-electron chi connectivity index (χ4n) is 2.37. The van der Waals surface area contributed by atoms with Crippen molar-refractivity contribution in [3.05, 3.63) is 29.5 Å². The molecule has 1 aliphatic carbocycles. The third-order valence-electron chi connectivity index (χ3n) is 3.33. The number of nitrogens with one attached hydrogen (secondary N) is 1. The molecule has 0 amide bonds. The summed E-state index contributed by atoms with van der Waals surface area (Å²) >= 11 is 1.72. The second kappa shape index (κ2) is 3.71. The van der Waals surface area contributed by atoms with Crippen LogP contribution in [-0.4, -0.2) is 9.97 Å². The van der Waals surface area contributed by atoms with E-state index in [2.05, 4.69) is 21.4 Å². The predicted molar refractivity (Wildman–Crippen MR) is 66.2 cm³/mol. The van der Waals surface area contributed by atoms with E-state index >= 15 is 0 Å². The Morgan fingerprint density at radius 1 is 1.38 bits per heavy atom. The van der Waals surface area contributed by atoms with Gasteiger partial charge in [0.25, 0.3) is 0 Å². The highest BCUT2D eigenvalue weighted by Crippen LogP contribution is 2.35. The summed E-state index contributed by atoms with van der Waals surface area (Å²) in [5, 5.41) is 2.07. The Bertz CT molecular complexity index is 466. The molecule has 1 aliphatic rings. The van der Waals surface area contributed by atoms with Gasteiger partial charge in [-0.3, -0.25) is 0 Å². The Hall–Kier alpha value is -1.13. The maximum absolute atomic E-state index is 6.36. The molecule has 4 heteroatoms. The van der Waals surface area contributed by atoms with E-state index in [9.17, 15) is 0 Å². The predicted octanol–water partition coefficient (Wildman–Crippen LogP) is 2.87. The van der Waals surface area contributed by atoms with E-state index in [0.29, 0.717) is 0 Å². The summed E-state index contributed by atoms with van der Waals surface area (Å²) in [6.07, 6.45) is 6.42. The molecular weight excluding hydrogens is 218 g/mol. The van der Waals surface area contributed by atoms with Crippen molar-refractivity contribution in [1.82, 2.24) is 9.97 Å². The number of rotatable bonds is 2. The molecule has 2 aromatic rings. The molecule has 0 unspecified atom stereocenters. The Kier molecular flexibility index (Phi) is 2.33. The van der Waals surface area contributed by atoms with Gasteiger partial charge < -0.3 is 10.7 Å². The fourth-order valence-corrected chi connectivity index (χ4v) is 3.07. The van der Waals surface area contributed by atoms with Crippen LogP contribution in [0.1, 0.15) is 31.5 Å². The van der Waals surface area contributed by atoms with Gasteiger partial charge in [-0.2, -0.15) is 0 Å². The molecule has 0 aliphatic heterocycles. The number of hydrogen-bond donors (Lipinski definition) is 2. The van der Waals surface area contributed by atoms with E-state index in [1.54, 1.807) is 11.3 Å². The van der Waals surface area contributed by atoms with Crippen molar-refractivity contribution in [2.24, 2.45) is 5.73 Å². The topological polar surface area (TPSA) is 54.7 Å². The Balaban J connectivity index is 1.93. The van der Waals surface area contributed by atoms with E-state index in [1.807, 2.05) is 12.3 Å². The van der Waals surface area contributed by atoms with Crippen molar-refractivity contribution < 1.29 is 0 Å². The zero-order valence-corrected chi connectivity index (χ0v) is 9.89. The normalized spacial score (nSPS) is 19.1. The summed E-state index contributed by atoms with van der Waals surface area (Å²) in [5.41, 5.74) is 7.23. The lowest BCUT2D eigenvalue weighted by molar-refractivity contribution is 0.436. The number of H-pyrrole nitrogens is 1. The van der Waals surface area contributed by atoms with Crippen molar-refractivity contribution in [2.45, 2.75) is 31.2 Å². The average Bonchev–Trinajstić information content (AvgIpc) is 2.98. The van der Waals surface area contributed by atoms with Crippen LogP contribution in [0.15, 0.2) is 23.7 Å². The van der Waals surface area contributed by atoms with Gasteiger partial charge in [0.1, 0.15) is 5.82 Å². The van der Waals surface area contributed by atoms with Crippen LogP contribution in [0.25, 0.3) is 10.6 Å². The molecule has 3 nitrogen and oxygen atoms in total. The van der Waals surface area contributed by atoms with Crippen molar-refractivity contribution in [3.8, 4) is 10.6 Å². The Labute approximate surface area is 98.7 Å². The Morgan fingerprint density at radius 2 is 2.19 bits per heavy atom. The van der Waals surface area contributed by atoms with Crippen molar-refractivity contribution >= 4 is 11.3 Å². The van der Waals surface area contributed by atoms with Crippen LogP contribution in [0.4, 0.5) is 0 Å². The monoisotopic (exact) mass is 233 g/mol. The van der Waals surface area contributed by atoms with Gasteiger partial charge in [-0.05, 0) is 24.3 Å². The van der Waals surface area contributed by atoms with Crippen molar-refractivity contribution in [3.63, 3.8) is 0 Å². The maximum atomic E-state index is 6.36. The molecule has 0 spiro atoms.